The molecule has 0 radical (unpaired) electrons. The molecule has 7 heteroatoms. The van der Waals surface area contributed by atoms with Crippen LogP contribution in [0.3, 0.4) is 0 Å². The molecule has 0 spiro atoms. The minimum Gasteiger partial charge on any atom is -0.357 e. The molecule has 1 aromatic heterocycles. The second-order valence-electron chi connectivity index (χ2n) is 6.19. The lowest BCUT2D eigenvalue weighted by atomic mass is 10.2. The Morgan fingerprint density at radius 1 is 1.23 bits per heavy atom. The summed E-state index contributed by atoms with van der Waals surface area (Å²) in [7, 11) is 0. The Bertz CT molecular complexity index is 832. The number of amides is 1. The molecular formula is C19H20F2N4O. The lowest BCUT2D eigenvalue weighted by Crippen LogP contribution is -2.24. The molecule has 1 fully saturated rings. The third kappa shape index (κ3) is 4.62. The molecule has 1 aliphatic rings. The van der Waals surface area contributed by atoms with Gasteiger partial charge in [0.15, 0.2) is 0 Å². The van der Waals surface area contributed by atoms with Crippen molar-refractivity contribution in [1.82, 2.24) is 15.3 Å². The van der Waals surface area contributed by atoms with Crippen molar-refractivity contribution in [2.45, 2.75) is 26.3 Å². The number of hydrogen-bond donors (Lipinski definition) is 1. The van der Waals surface area contributed by atoms with Crippen molar-refractivity contribution < 1.29 is 13.6 Å². The molecule has 136 valence electrons. The fourth-order valence-corrected chi connectivity index (χ4v) is 2.83. The van der Waals surface area contributed by atoms with E-state index in [2.05, 4.69) is 20.2 Å². The molecule has 5 nitrogen and oxygen atoms in total. The highest BCUT2D eigenvalue weighted by molar-refractivity contribution is 5.91. The number of anilines is 1. The predicted molar refractivity (Wildman–Crippen MR) is 95.5 cm³/mol. The molecule has 1 aliphatic heterocycles. The fraction of sp³-hybridized carbons (Fsp3) is 0.316. The van der Waals surface area contributed by atoms with Crippen molar-refractivity contribution in [3.63, 3.8) is 0 Å². The van der Waals surface area contributed by atoms with Gasteiger partial charge in [-0.3, -0.25) is 4.79 Å². The van der Waals surface area contributed by atoms with Gasteiger partial charge in [0.05, 0.1) is 6.54 Å². The lowest BCUT2D eigenvalue weighted by Gasteiger charge is -2.17. The Morgan fingerprint density at radius 3 is 2.77 bits per heavy atom. The summed E-state index contributed by atoms with van der Waals surface area (Å²) in [5, 5.41) is 2.66. The number of hydrogen-bond acceptors (Lipinski definition) is 4. The van der Waals surface area contributed by atoms with Crippen molar-refractivity contribution in [3.8, 4) is 0 Å². The number of aryl methyl sites for hydroxylation is 1. The van der Waals surface area contributed by atoms with Gasteiger partial charge in [0.25, 0.3) is 0 Å². The molecule has 0 bridgehead atoms. The van der Waals surface area contributed by atoms with Crippen LogP contribution in [0.2, 0.25) is 0 Å². The van der Waals surface area contributed by atoms with Gasteiger partial charge in [-0.25, -0.2) is 18.7 Å². The monoisotopic (exact) mass is 358 g/mol. The zero-order chi connectivity index (χ0) is 18.5. The standard InChI is InChI=1S/C19H20F2N4O/c1-13-10-18(25-8-2-3-9-25)24-17(23-13)12-22-19(26)7-4-14-11-15(20)5-6-16(14)21/h4-7,10-11H,2-3,8-9,12H2,1H3,(H,22,26)/b7-4+. The summed E-state index contributed by atoms with van der Waals surface area (Å²) in [5.74, 6) is -0.189. The van der Waals surface area contributed by atoms with Crippen molar-refractivity contribution in [1.29, 1.82) is 0 Å². The third-order valence-electron chi connectivity index (χ3n) is 4.11. The van der Waals surface area contributed by atoms with Gasteiger partial charge >= 0.3 is 0 Å². The second kappa shape index (κ2) is 8.03. The summed E-state index contributed by atoms with van der Waals surface area (Å²) in [6, 6.07) is 5.02. The summed E-state index contributed by atoms with van der Waals surface area (Å²) >= 11 is 0. The number of halogens is 2. The smallest absolute Gasteiger partial charge is 0.244 e. The van der Waals surface area contributed by atoms with E-state index in [-0.39, 0.29) is 12.1 Å². The van der Waals surface area contributed by atoms with Gasteiger partial charge in [-0.1, -0.05) is 0 Å². The quantitative estimate of drug-likeness (QED) is 0.835. The molecule has 1 N–H and O–H groups in total. The van der Waals surface area contributed by atoms with Gasteiger partial charge in [-0.15, -0.1) is 0 Å². The first-order valence-corrected chi connectivity index (χ1v) is 8.52. The minimum absolute atomic E-state index is 0.0169. The molecular weight excluding hydrogens is 338 g/mol. The van der Waals surface area contributed by atoms with Gasteiger partial charge in [-0.05, 0) is 44.0 Å². The Balaban J connectivity index is 1.62. The molecule has 1 saturated heterocycles. The van der Waals surface area contributed by atoms with Crippen LogP contribution in [0.15, 0.2) is 30.3 Å². The molecule has 0 aliphatic carbocycles. The number of carbonyl (C=O) groups is 1. The molecule has 0 unspecified atom stereocenters. The zero-order valence-corrected chi connectivity index (χ0v) is 14.5. The molecule has 1 aromatic carbocycles. The van der Waals surface area contributed by atoms with Crippen LogP contribution in [0.25, 0.3) is 6.08 Å². The maximum Gasteiger partial charge on any atom is 0.244 e. The average Bonchev–Trinajstić information content (AvgIpc) is 3.15. The van der Waals surface area contributed by atoms with Crippen molar-refractivity contribution in [3.05, 3.63) is 59.1 Å². The van der Waals surface area contributed by atoms with E-state index in [9.17, 15) is 13.6 Å². The summed E-state index contributed by atoms with van der Waals surface area (Å²) in [6.45, 7) is 4.00. The topological polar surface area (TPSA) is 58.1 Å². The predicted octanol–water partition coefficient (Wildman–Crippen LogP) is 2.99. The minimum atomic E-state index is -0.590. The van der Waals surface area contributed by atoms with Crippen LogP contribution in [0.4, 0.5) is 14.6 Å². The lowest BCUT2D eigenvalue weighted by molar-refractivity contribution is -0.116. The highest BCUT2D eigenvalue weighted by Gasteiger charge is 2.15. The highest BCUT2D eigenvalue weighted by Crippen LogP contribution is 2.18. The van der Waals surface area contributed by atoms with Crippen molar-refractivity contribution >= 4 is 17.8 Å². The summed E-state index contributed by atoms with van der Waals surface area (Å²) in [5.41, 5.74) is 0.854. The summed E-state index contributed by atoms with van der Waals surface area (Å²) in [4.78, 5) is 23.0. The normalized spacial score (nSPS) is 14.2. The van der Waals surface area contributed by atoms with Crippen LogP contribution in [0.1, 0.15) is 29.9 Å². The Morgan fingerprint density at radius 2 is 2.00 bits per heavy atom. The van der Waals surface area contributed by atoms with E-state index in [4.69, 9.17) is 0 Å². The van der Waals surface area contributed by atoms with Gasteiger partial charge in [0, 0.05) is 36.5 Å². The van der Waals surface area contributed by atoms with Crippen LogP contribution >= 0.6 is 0 Å². The molecule has 26 heavy (non-hydrogen) atoms. The maximum absolute atomic E-state index is 13.5. The first-order valence-electron chi connectivity index (χ1n) is 8.52. The molecule has 2 aromatic rings. The number of nitrogens with zero attached hydrogens (tertiary/aromatic N) is 3. The number of rotatable bonds is 5. The van der Waals surface area contributed by atoms with Crippen LogP contribution in [-0.2, 0) is 11.3 Å². The third-order valence-corrected chi connectivity index (χ3v) is 4.11. The first-order chi connectivity index (χ1) is 12.5. The second-order valence-corrected chi connectivity index (χ2v) is 6.19. The Hall–Kier alpha value is -2.83. The van der Waals surface area contributed by atoms with Crippen LogP contribution < -0.4 is 10.2 Å². The van der Waals surface area contributed by atoms with Crippen LogP contribution in [0, 0.1) is 18.6 Å². The summed E-state index contributed by atoms with van der Waals surface area (Å²) < 4.78 is 26.7. The number of aromatic nitrogens is 2. The SMILES string of the molecule is Cc1cc(N2CCCC2)nc(CNC(=O)/C=C/c2cc(F)ccc2F)n1. The van der Waals surface area contributed by atoms with E-state index < -0.39 is 17.5 Å². The molecule has 1 amide bonds. The van der Waals surface area contributed by atoms with Gasteiger partial charge in [0.2, 0.25) is 5.91 Å². The van der Waals surface area contributed by atoms with E-state index in [1.807, 2.05) is 13.0 Å². The number of nitrogens with one attached hydrogen (secondary N) is 1. The Labute approximate surface area is 150 Å². The van der Waals surface area contributed by atoms with E-state index in [0.717, 1.165) is 61.7 Å². The molecule has 3 rings (SSSR count). The maximum atomic E-state index is 13.5. The zero-order valence-electron chi connectivity index (χ0n) is 14.5. The van der Waals surface area contributed by atoms with E-state index in [1.54, 1.807) is 0 Å². The van der Waals surface area contributed by atoms with Gasteiger partial charge in [-0.2, -0.15) is 0 Å². The van der Waals surface area contributed by atoms with E-state index >= 15 is 0 Å². The van der Waals surface area contributed by atoms with Crippen LogP contribution in [0.5, 0.6) is 0 Å². The van der Waals surface area contributed by atoms with E-state index in [0.29, 0.717) is 5.82 Å². The van der Waals surface area contributed by atoms with Crippen molar-refractivity contribution in [2.75, 3.05) is 18.0 Å². The van der Waals surface area contributed by atoms with Crippen molar-refractivity contribution in [2.24, 2.45) is 0 Å². The largest absolute Gasteiger partial charge is 0.357 e. The number of benzene rings is 1. The highest BCUT2D eigenvalue weighted by atomic mass is 19.1. The summed E-state index contributed by atoms with van der Waals surface area (Å²) in [6.07, 6.45) is 4.70. The molecule has 2 heterocycles. The van der Waals surface area contributed by atoms with Gasteiger partial charge < -0.3 is 10.2 Å². The first kappa shape index (κ1) is 18.0. The number of carbonyl (C=O) groups excluding carboxylic acids is 1. The van der Waals surface area contributed by atoms with Gasteiger partial charge in [0.1, 0.15) is 23.3 Å². The molecule has 0 saturated carbocycles. The van der Waals surface area contributed by atoms with Crippen LogP contribution in [-0.4, -0.2) is 29.0 Å². The molecule has 0 atom stereocenters. The average molecular weight is 358 g/mol. The Kier molecular flexibility index (Phi) is 5.55. The fourth-order valence-electron chi connectivity index (χ4n) is 2.83. The van der Waals surface area contributed by atoms with E-state index in [1.165, 1.54) is 6.08 Å².